The summed E-state index contributed by atoms with van der Waals surface area (Å²) in [6.07, 6.45) is 2.79. The van der Waals surface area contributed by atoms with Crippen molar-refractivity contribution in [3.05, 3.63) is 21.3 Å². The van der Waals surface area contributed by atoms with Gasteiger partial charge in [0, 0.05) is 18.0 Å². The van der Waals surface area contributed by atoms with Gasteiger partial charge in [-0.1, -0.05) is 11.6 Å². The van der Waals surface area contributed by atoms with Gasteiger partial charge < -0.3 is 15.4 Å². The van der Waals surface area contributed by atoms with Crippen LogP contribution in [0.4, 0.5) is 4.79 Å². The number of amides is 1. The Labute approximate surface area is 135 Å². The lowest BCUT2D eigenvalue weighted by Crippen LogP contribution is -2.59. The molecule has 6 heteroatoms. The van der Waals surface area contributed by atoms with Crippen molar-refractivity contribution in [1.82, 2.24) is 10.6 Å². The molecule has 1 fully saturated rings. The first-order valence-corrected chi connectivity index (χ1v) is 8.44. The van der Waals surface area contributed by atoms with E-state index in [2.05, 4.69) is 10.6 Å². The second-order valence-electron chi connectivity index (χ2n) is 6.57. The normalized spacial score (nSPS) is 17.1. The van der Waals surface area contributed by atoms with Crippen LogP contribution in [0.5, 0.6) is 0 Å². The Balaban J connectivity index is 1.80. The van der Waals surface area contributed by atoms with Crippen LogP contribution < -0.4 is 10.6 Å². The zero-order chi connectivity index (χ0) is 15.5. The van der Waals surface area contributed by atoms with Crippen molar-refractivity contribution < 1.29 is 9.53 Å². The summed E-state index contributed by atoms with van der Waals surface area (Å²) in [5.74, 6) is 0. The van der Waals surface area contributed by atoms with E-state index >= 15 is 0 Å². The first-order chi connectivity index (χ1) is 9.78. The molecule has 1 aromatic heterocycles. The lowest BCUT2D eigenvalue weighted by Gasteiger charge is -2.42. The molecule has 0 bridgehead atoms. The Morgan fingerprint density at radius 2 is 2.14 bits per heavy atom. The maximum atomic E-state index is 11.9. The average Bonchev–Trinajstić information content (AvgIpc) is 2.69. The summed E-state index contributed by atoms with van der Waals surface area (Å²) in [5, 5.41) is 6.44. The predicted molar refractivity (Wildman–Crippen MR) is 87.0 cm³/mol. The van der Waals surface area contributed by atoms with Crippen LogP contribution in [0.3, 0.4) is 0 Å². The van der Waals surface area contributed by atoms with Crippen molar-refractivity contribution in [3.8, 4) is 0 Å². The Morgan fingerprint density at radius 3 is 2.62 bits per heavy atom. The third kappa shape index (κ3) is 5.16. The number of thiophene rings is 1. The van der Waals surface area contributed by atoms with Crippen molar-refractivity contribution in [1.29, 1.82) is 0 Å². The molecule has 0 aromatic carbocycles. The summed E-state index contributed by atoms with van der Waals surface area (Å²) in [4.78, 5) is 13.1. The van der Waals surface area contributed by atoms with Crippen molar-refractivity contribution >= 4 is 29.0 Å². The van der Waals surface area contributed by atoms with Gasteiger partial charge in [0.2, 0.25) is 0 Å². The third-order valence-electron chi connectivity index (χ3n) is 3.47. The van der Waals surface area contributed by atoms with Gasteiger partial charge in [0.1, 0.15) is 5.60 Å². The molecule has 1 saturated carbocycles. The second kappa shape index (κ2) is 6.55. The van der Waals surface area contributed by atoms with Gasteiger partial charge in [-0.25, -0.2) is 4.79 Å². The van der Waals surface area contributed by atoms with Crippen LogP contribution >= 0.6 is 22.9 Å². The number of carbonyl (C=O) groups excluding carboxylic acids is 1. The standard InChI is InChI=1S/C15H23ClN2O2S/c1-14(2,3)20-13(19)18-15(7-4-8-15)10-17-9-11-5-6-12(16)21-11/h5-6,17H,4,7-10H2,1-3H3,(H,18,19). The fourth-order valence-electron chi connectivity index (χ4n) is 2.34. The molecule has 118 valence electrons. The van der Waals surface area contributed by atoms with E-state index in [1.807, 2.05) is 32.9 Å². The predicted octanol–water partition coefficient (Wildman–Crippen LogP) is 3.94. The van der Waals surface area contributed by atoms with E-state index in [1.54, 1.807) is 11.3 Å². The summed E-state index contributed by atoms with van der Waals surface area (Å²) in [5.41, 5.74) is -0.625. The molecule has 2 rings (SSSR count). The van der Waals surface area contributed by atoms with E-state index in [-0.39, 0.29) is 11.6 Å². The lowest BCUT2D eigenvalue weighted by molar-refractivity contribution is 0.0382. The molecule has 0 spiro atoms. The van der Waals surface area contributed by atoms with E-state index in [0.717, 1.165) is 36.7 Å². The van der Waals surface area contributed by atoms with Crippen LogP contribution in [0, 0.1) is 0 Å². The average molecular weight is 331 g/mol. The van der Waals surface area contributed by atoms with Gasteiger partial charge in [-0.05, 0) is 52.2 Å². The highest BCUT2D eigenvalue weighted by atomic mass is 35.5. The Bertz CT molecular complexity index is 492. The highest BCUT2D eigenvalue weighted by molar-refractivity contribution is 7.16. The Morgan fingerprint density at radius 1 is 1.43 bits per heavy atom. The van der Waals surface area contributed by atoms with Crippen LogP contribution in [0.1, 0.15) is 44.9 Å². The van der Waals surface area contributed by atoms with Gasteiger partial charge >= 0.3 is 6.09 Å². The van der Waals surface area contributed by atoms with E-state index in [0.29, 0.717) is 0 Å². The zero-order valence-electron chi connectivity index (χ0n) is 12.8. The Hall–Kier alpha value is -0.780. The summed E-state index contributed by atoms with van der Waals surface area (Å²) in [7, 11) is 0. The number of rotatable bonds is 5. The molecule has 1 aliphatic carbocycles. The fourth-order valence-corrected chi connectivity index (χ4v) is 3.40. The lowest BCUT2D eigenvalue weighted by atomic mass is 9.76. The monoisotopic (exact) mass is 330 g/mol. The van der Waals surface area contributed by atoms with Crippen LogP contribution in [0.25, 0.3) is 0 Å². The van der Waals surface area contributed by atoms with E-state index < -0.39 is 5.60 Å². The van der Waals surface area contributed by atoms with Crippen molar-refractivity contribution in [3.63, 3.8) is 0 Å². The van der Waals surface area contributed by atoms with E-state index in [4.69, 9.17) is 16.3 Å². The molecule has 4 nitrogen and oxygen atoms in total. The van der Waals surface area contributed by atoms with Crippen LogP contribution in [0.15, 0.2) is 12.1 Å². The van der Waals surface area contributed by atoms with Crippen molar-refractivity contribution in [2.24, 2.45) is 0 Å². The van der Waals surface area contributed by atoms with Crippen molar-refractivity contribution in [2.45, 2.75) is 57.7 Å². The number of carbonyl (C=O) groups is 1. The van der Waals surface area contributed by atoms with Crippen LogP contribution in [-0.4, -0.2) is 23.8 Å². The third-order valence-corrected chi connectivity index (χ3v) is 4.70. The van der Waals surface area contributed by atoms with Gasteiger partial charge in [-0.15, -0.1) is 11.3 Å². The Kier molecular flexibility index (Phi) is 5.17. The fraction of sp³-hybridized carbons (Fsp3) is 0.667. The first kappa shape index (κ1) is 16.6. The molecule has 1 heterocycles. The minimum absolute atomic E-state index is 0.163. The maximum absolute atomic E-state index is 11.9. The molecule has 1 aromatic rings. The molecular weight excluding hydrogens is 308 g/mol. The van der Waals surface area contributed by atoms with Crippen molar-refractivity contribution in [2.75, 3.05) is 6.54 Å². The van der Waals surface area contributed by atoms with Gasteiger partial charge in [-0.3, -0.25) is 0 Å². The molecule has 0 atom stereocenters. The maximum Gasteiger partial charge on any atom is 0.408 e. The molecule has 2 N–H and O–H groups in total. The first-order valence-electron chi connectivity index (χ1n) is 7.24. The number of ether oxygens (including phenoxy) is 1. The topological polar surface area (TPSA) is 50.4 Å². The van der Waals surface area contributed by atoms with Gasteiger partial charge in [0.15, 0.2) is 0 Å². The smallest absolute Gasteiger partial charge is 0.408 e. The molecule has 0 radical (unpaired) electrons. The van der Waals surface area contributed by atoms with Gasteiger partial charge in [0.25, 0.3) is 0 Å². The largest absolute Gasteiger partial charge is 0.444 e. The molecule has 1 aliphatic rings. The van der Waals surface area contributed by atoms with E-state index in [1.165, 1.54) is 4.88 Å². The minimum atomic E-state index is -0.462. The summed E-state index contributed by atoms with van der Waals surface area (Å²) >= 11 is 7.49. The molecule has 0 aliphatic heterocycles. The van der Waals surface area contributed by atoms with Gasteiger partial charge in [-0.2, -0.15) is 0 Å². The number of halogens is 1. The minimum Gasteiger partial charge on any atom is -0.444 e. The number of hydrogen-bond donors (Lipinski definition) is 2. The molecule has 0 saturated heterocycles. The number of alkyl carbamates (subject to hydrolysis) is 1. The zero-order valence-corrected chi connectivity index (χ0v) is 14.4. The molecule has 1 amide bonds. The summed E-state index contributed by atoms with van der Waals surface area (Å²) < 4.78 is 6.15. The molecule has 21 heavy (non-hydrogen) atoms. The van der Waals surface area contributed by atoms with Gasteiger partial charge in [0.05, 0.1) is 9.88 Å². The summed E-state index contributed by atoms with van der Waals surface area (Å²) in [6.45, 7) is 7.15. The molecular formula is C15H23ClN2O2S. The van der Waals surface area contributed by atoms with Crippen LogP contribution in [0.2, 0.25) is 4.34 Å². The highest BCUT2D eigenvalue weighted by Gasteiger charge is 2.39. The number of hydrogen-bond acceptors (Lipinski definition) is 4. The SMILES string of the molecule is CC(C)(C)OC(=O)NC1(CNCc2ccc(Cl)s2)CCC1. The quantitative estimate of drug-likeness (QED) is 0.859. The summed E-state index contributed by atoms with van der Waals surface area (Å²) in [6, 6.07) is 3.93. The van der Waals surface area contributed by atoms with E-state index in [9.17, 15) is 4.79 Å². The van der Waals surface area contributed by atoms with Crippen LogP contribution in [-0.2, 0) is 11.3 Å². The highest BCUT2D eigenvalue weighted by Crippen LogP contribution is 2.32. The number of nitrogens with one attached hydrogen (secondary N) is 2. The second-order valence-corrected chi connectivity index (χ2v) is 8.37. The molecule has 0 unspecified atom stereocenters.